The number of hydrogen-bond acceptors (Lipinski definition) is 4. The van der Waals surface area contributed by atoms with Crippen molar-refractivity contribution in [1.82, 2.24) is 10.2 Å². The van der Waals surface area contributed by atoms with E-state index in [-0.39, 0.29) is 5.91 Å². The second kappa shape index (κ2) is 8.27. The number of hydrogen-bond donors (Lipinski definition) is 2. The number of anilines is 1. The van der Waals surface area contributed by atoms with Crippen molar-refractivity contribution >= 4 is 11.6 Å². The minimum atomic E-state index is 0.0111. The van der Waals surface area contributed by atoms with Crippen molar-refractivity contribution in [3.63, 3.8) is 0 Å². The van der Waals surface area contributed by atoms with Gasteiger partial charge in [-0.25, -0.2) is 0 Å². The number of aryl methyl sites for hydroxylation is 3. The van der Waals surface area contributed by atoms with Gasteiger partial charge >= 0.3 is 0 Å². The molecule has 1 aromatic rings. The molecule has 0 aliphatic carbocycles. The van der Waals surface area contributed by atoms with Crippen LogP contribution in [0.5, 0.6) is 0 Å². The summed E-state index contributed by atoms with van der Waals surface area (Å²) in [7, 11) is 0. The largest absolute Gasteiger partial charge is 0.379 e. The molecule has 0 bridgehead atoms. The number of benzene rings is 1. The first-order valence-corrected chi connectivity index (χ1v) is 7.95. The summed E-state index contributed by atoms with van der Waals surface area (Å²) in [5.74, 6) is 0.0111. The second-order valence-corrected chi connectivity index (χ2v) is 5.95. The Balaban J connectivity index is 1.71. The topological polar surface area (TPSA) is 53.6 Å². The molecule has 1 saturated heterocycles. The van der Waals surface area contributed by atoms with Gasteiger partial charge in [-0.05, 0) is 31.9 Å². The average molecular weight is 305 g/mol. The summed E-state index contributed by atoms with van der Waals surface area (Å²) in [6, 6.07) is 4.18. The molecule has 122 valence electrons. The van der Waals surface area contributed by atoms with Gasteiger partial charge in [-0.2, -0.15) is 0 Å². The molecule has 1 amide bonds. The zero-order chi connectivity index (χ0) is 15.9. The smallest absolute Gasteiger partial charge is 0.238 e. The van der Waals surface area contributed by atoms with E-state index in [1.807, 2.05) is 13.8 Å². The van der Waals surface area contributed by atoms with E-state index in [1.54, 1.807) is 0 Å². The Bertz CT molecular complexity index is 488. The van der Waals surface area contributed by atoms with Crippen LogP contribution < -0.4 is 10.6 Å². The van der Waals surface area contributed by atoms with Gasteiger partial charge in [0.1, 0.15) is 0 Å². The van der Waals surface area contributed by atoms with Gasteiger partial charge in [-0.15, -0.1) is 0 Å². The summed E-state index contributed by atoms with van der Waals surface area (Å²) in [5.41, 5.74) is 4.38. The fraction of sp³-hybridized carbons (Fsp3) is 0.588. The Hall–Kier alpha value is -1.43. The molecule has 5 nitrogen and oxygen atoms in total. The number of carbonyl (C=O) groups excluding carboxylic acids is 1. The van der Waals surface area contributed by atoms with Gasteiger partial charge < -0.3 is 15.4 Å². The van der Waals surface area contributed by atoms with Crippen LogP contribution in [0.1, 0.15) is 16.7 Å². The van der Waals surface area contributed by atoms with E-state index >= 15 is 0 Å². The first kappa shape index (κ1) is 16.9. The highest BCUT2D eigenvalue weighted by Crippen LogP contribution is 2.21. The number of carbonyl (C=O) groups is 1. The maximum absolute atomic E-state index is 12.0. The molecule has 0 unspecified atom stereocenters. The summed E-state index contributed by atoms with van der Waals surface area (Å²) in [5, 5.41) is 6.22. The molecule has 22 heavy (non-hydrogen) atoms. The van der Waals surface area contributed by atoms with E-state index in [0.29, 0.717) is 6.54 Å². The van der Waals surface area contributed by atoms with Gasteiger partial charge in [0.2, 0.25) is 5.91 Å². The molecule has 0 radical (unpaired) electrons. The van der Waals surface area contributed by atoms with Crippen LogP contribution in [0.3, 0.4) is 0 Å². The van der Waals surface area contributed by atoms with Crippen LogP contribution in [0.15, 0.2) is 12.1 Å². The summed E-state index contributed by atoms with van der Waals surface area (Å²) in [6.07, 6.45) is 0. The molecule has 1 fully saturated rings. The van der Waals surface area contributed by atoms with Crippen molar-refractivity contribution in [1.29, 1.82) is 0 Å². The third-order valence-electron chi connectivity index (χ3n) is 3.94. The second-order valence-electron chi connectivity index (χ2n) is 5.95. The number of nitrogens with one attached hydrogen (secondary N) is 2. The summed E-state index contributed by atoms with van der Waals surface area (Å²) in [4.78, 5) is 14.4. The predicted octanol–water partition coefficient (Wildman–Crippen LogP) is 1.47. The number of ether oxygens (including phenoxy) is 1. The van der Waals surface area contributed by atoms with Crippen molar-refractivity contribution in [2.45, 2.75) is 20.8 Å². The van der Waals surface area contributed by atoms with Gasteiger partial charge in [-0.3, -0.25) is 9.69 Å². The molecule has 0 spiro atoms. The fourth-order valence-corrected chi connectivity index (χ4v) is 2.82. The zero-order valence-electron chi connectivity index (χ0n) is 13.9. The highest BCUT2D eigenvalue weighted by atomic mass is 16.5. The summed E-state index contributed by atoms with van der Waals surface area (Å²) >= 11 is 0. The lowest BCUT2D eigenvalue weighted by atomic mass is 10.1. The fourth-order valence-electron chi connectivity index (χ4n) is 2.82. The number of amides is 1. The molecular formula is C17H27N3O2. The highest BCUT2D eigenvalue weighted by molar-refractivity contribution is 5.93. The average Bonchev–Trinajstić information content (AvgIpc) is 2.48. The molecule has 2 N–H and O–H groups in total. The Morgan fingerprint density at radius 2 is 1.82 bits per heavy atom. The molecule has 2 rings (SSSR count). The maximum Gasteiger partial charge on any atom is 0.238 e. The van der Waals surface area contributed by atoms with Crippen molar-refractivity contribution in [3.05, 3.63) is 28.8 Å². The molecular weight excluding hydrogens is 278 g/mol. The maximum atomic E-state index is 12.0. The lowest BCUT2D eigenvalue weighted by Crippen LogP contribution is -2.41. The number of nitrogens with zero attached hydrogens (tertiary/aromatic N) is 1. The molecule has 1 aromatic carbocycles. The minimum absolute atomic E-state index is 0.0111. The first-order valence-electron chi connectivity index (χ1n) is 7.95. The van der Waals surface area contributed by atoms with Crippen LogP contribution in [0.25, 0.3) is 0 Å². The number of rotatable bonds is 6. The lowest BCUT2D eigenvalue weighted by Gasteiger charge is -2.26. The molecule has 0 atom stereocenters. The third-order valence-corrected chi connectivity index (χ3v) is 3.94. The van der Waals surface area contributed by atoms with E-state index in [0.717, 1.165) is 56.2 Å². The van der Waals surface area contributed by atoms with Gasteiger partial charge in [0, 0.05) is 31.9 Å². The van der Waals surface area contributed by atoms with E-state index < -0.39 is 0 Å². The predicted molar refractivity (Wildman–Crippen MR) is 89.4 cm³/mol. The standard InChI is InChI=1S/C17H27N3O2/c1-13-10-14(2)17(15(3)11-13)19-16(21)12-18-4-5-20-6-8-22-9-7-20/h10-11,18H,4-9,12H2,1-3H3,(H,19,21). The van der Waals surface area contributed by atoms with E-state index in [2.05, 4.69) is 34.6 Å². The van der Waals surface area contributed by atoms with Crippen molar-refractivity contribution < 1.29 is 9.53 Å². The monoisotopic (exact) mass is 305 g/mol. The van der Waals surface area contributed by atoms with E-state index in [4.69, 9.17) is 4.74 Å². The Labute approximate surface area is 133 Å². The molecule has 1 aliphatic rings. The Morgan fingerprint density at radius 1 is 1.18 bits per heavy atom. The van der Waals surface area contributed by atoms with Crippen molar-refractivity contribution in [3.8, 4) is 0 Å². The zero-order valence-corrected chi connectivity index (χ0v) is 13.9. The first-order chi connectivity index (χ1) is 10.6. The summed E-state index contributed by atoms with van der Waals surface area (Å²) in [6.45, 7) is 11.8. The van der Waals surface area contributed by atoms with E-state index in [1.165, 1.54) is 5.56 Å². The molecule has 1 aliphatic heterocycles. The Morgan fingerprint density at radius 3 is 2.45 bits per heavy atom. The van der Waals surface area contributed by atoms with Crippen molar-refractivity contribution in [2.24, 2.45) is 0 Å². The minimum Gasteiger partial charge on any atom is -0.379 e. The van der Waals surface area contributed by atoms with Crippen LogP contribution in [-0.4, -0.2) is 56.7 Å². The normalized spacial score (nSPS) is 15.8. The van der Waals surface area contributed by atoms with Crippen LogP contribution in [0, 0.1) is 20.8 Å². The summed E-state index contributed by atoms with van der Waals surface area (Å²) < 4.78 is 5.32. The van der Waals surface area contributed by atoms with Crippen molar-refractivity contribution in [2.75, 3.05) is 51.3 Å². The third kappa shape index (κ3) is 5.09. The van der Waals surface area contributed by atoms with Crippen LogP contribution in [0.2, 0.25) is 0 Å². The SMILES string of the molecule is Cc1cc(C)c(NC(=O)CNCCN2CCOCC2)c(C)c1. The number of morpholine rings is 1. The lowest BCUT2D eigenvalue weighted by molar-refractivity contribution is -0.115. The molecule has 1 heterocycles. The molecule has 0 aromatic heterocycles. The van der Waals surface area contributed by atoms with Gasteiger partial charge in [0.15, 0.2) is 0 Å². The Kier molecular flexibility index (Phi) is 6.36. The van der Waals surface area contributed by atoms with E-state index in [9.17, 15) is 4.79 Å². The molecule has 5 heteroatoms. The highest BCUT2D eigenvalue weighted by Gasteiger charge is 2.10. The van der Waals surface area contributed by atoms with Gasteiger partial charge in [0.25, 0.3) is 0 Å². The van der Waals surface area contributed by atoms with Gasteiger partial charge in [-0.1, -0.05) is 17.7 Å². The van der Waals surface area contributed by atoms with Crippen LogP contribution >= 0.6 is 0 Å². The van der Waals surface area contributed by atoms with Crippen LogP contribution in [-0.2, 0) is 9.53 Å². The van der Waals surface area contributed by atoms with Gasteiger partial charge in [0.05, 0.1) is 19.8 Å². The van der Waals surface area contributed by atoms with Crippen LogP contribution in [0.4, 0.5) is 5.69 Å². The molecule has 0 saturated carbocycles. The quantitative estimate of drug-likeness (QED) is 0.782.